The Hall–Kier alpha value is -4.19. The molecule has 3 aliphatic heterocycles. The minimum Gasteiger partial charge on any atom is -0.507 e. The van der Waals surface area contributed by atoms with E-state index in [0.717, 1.165) is 101 Å². The Balaban J connectivity index is 0.00000175. The molecule has 0 unspecified atom stereocenters. The molecular weight excluding hydrogens is 570 g/mol. The number of para-hydroxylation sites is 1. The number of aromatic hydroxyl groups is 1. The lowest BCUT2D eigenvalue weighted by molar-refractivity contribution is -0.151. The molecule has 0 radical (unpaired) electrons. The van der Waals surface area contributed by atoms with Gasteiger partial charge in [-0.1, -0.05) is 26.0 Å². The van der Waals surface area contributed by atoms with Gasteiger partial charge in [0.05, 0.1) is 29.7 Å². The molecule has 2 aromatic heterocycles. The zero-order chi connectivity index (χ0) is 31.6. The summed E-state index contributed by atoms with van der Waals surface area (Å²) < 4.78 is 0. The van der Waals surface area contributed by atoms with Gasteiger partial charge in [0, 0.05) is 76.4 Å². The minimum absolute atomic E-state index is 0.170. The average Bonchev–Trinajstić information content (AvgIpc) is 3.05. The van der Waals surface area contributed by atoms with Crippen molar-refractivity contribution in [2.45, 2.75) is 45.6 Å². The molecule has 7 rings (SSSR count). The van der Waals surface area contributed by atoms with Gasteiger partial charge < -0.3 is 30.2 Å². The number of carboxylic acid groups (broad SMARTS) is 1. The third kappa shape index (κ3) is 6.20. The number of carbonyl (C=O) groups is 1. The number of benzene rings is 1. The van der Waals surface area contributed by atoms with Gasteiger partial charge >= 0.3 is 5.97 Å². The number of carboxylic acids is 1. The van der Waals surface area contributed by atoms with Gasteiger partial charge in [-0.3, -0.25) is 9.69 Å². The molecule has 3 aromatic rings. The lowest BCUT2D eigenvalue weighted by atomic mass is 9.58. The van der Waals surface area contributed by atoms with Gasteiger partial charge in [0.25, 0.3) is 0 Å². The number of rotatable bonds is 7. The summed E-state index contributed by atoms with van der Waals surface area (Å²) in [4.78, 5) is 30.1. The van der Waals surface area contributed by atoms with Crippen molar-refractivity contribution in [2.24, 2.45) is 11.3 Å². The Kier molecular flexibility index (Phi) is 8.93. The number of nitrogens with zero attached hydrogens (tertiary/aromatic N) is 8. The van der Waals surface area contributed by atoms with Gasteiger partial charge in [0.1, 0.15) is 17.4 Å². The molecule has 0 atom stereocenters. The molecule has 1 aliphatic carbocycles. The summed E-state index contributed by atoms with van der Waals surface area (Å²) >= 11 is 0. The number of piperidine rings is 1. The molecule has 1 aromatic carbocycles. The monoisotopic (exact) mass is 615 g/mol. The maximum absolute atomic E-state index is 11.1. The fourth-order valence-electron chi connectivity index (χ4n) is 7.40. The maximum atomic E-state index is 11.1. The van der Waals surface area contributed by atoms with Crippen LogP contribution in [0.3, 0.4) is 0 Å². The van der Waals surface area contributed by atoms with Crippen LogP contribution in [0.15, 0.2) is 42.7 Å². The van der Waals surface area contributed by atoms with Gasteiger partial charge in [-0.15, -0.1) is 10.2 Å². The highest BCUT2D eigenvalue weighted by atomic mass is 16.4. The van der Waals surface area contributed by atoms with Crippen molar-refractivity contribution in [3.05, 3.63) is 42.7 Å². The lowest BCUT2D eigenvalue weighted by Gasteiger charge is -2.58. The van der Waals surface area contributed by atoms with Crippen LogP contribution in [0, 0.1) is 11.3 Å². The van der Waals surface area contributed by atoms with Gasteiger partial charge in [0.2, 0.25) is 0 Å². The van der Waals surface area contributed by atoms with E-state index >= 15 is 0 Å². The highest BCUT2D eigenvalue weighted by Gasteiger charge is 2.54. The summed E-state index contributed by atoms with van der Waals surface area (Å²) in [6.07, 6.45) is 7.53. The number of hydrogen-bond acceptors (Lipinski definition) is 11. The number of nitrogens with one attached hydrogen (secondary N) is 1. The molecule has 12 heteroatoms. The van der Waals surface area contributed by atoms with Gasteiger partial charge in [-0.25, -0.2) is 9.97 Å². The first-order chi connectivity index (χ1) is 21.9. The first-order valence-corrected chi connectivity index (χ1v) is 16.3. The van der Waals surface area contributed by atoms with E-state index in [1.165, 1.54) is 0 Å². The molecular formula is C33H45N9O3. The van der Waals surface area contributed by atoms with Gasteiger partial charge in [-0.05, 0) is 43.9 Å². The van der Waals surface area contributed by atoms with Crippen molar-refractivity contribution in [3.8, 4) is 17.0 Å². The molecule has 12 nitrogen and oxygen atoms in total. The standard InChI is InChI=1S/C31H39N9O3.C2H6/c1-32-29-25(14-24(35-36-29)23-4-2-3-5-26(23)41)38-12-10-37(11-13-38)22-6-8-39(9-7-22)27-17-34-28(18-33-27)40-19-31(20-40)15-21(16-31)30(42)43;1-2/h2-5,14,17-18,21-22,41H,6-13,15-16,19-20H2,1H3,(H,32,36)(H,42,43);1-2H3. The topological polar surface area (TPSA) is 134 Å². The zero-order valence-electron chi connectivity index (χ0n) is 26.6. The van der Waals surface area contributed by atoms with Crippen LogP contribution in [-0.4, -0.2) is 107 Å². The van der Waals surface area contributed by atoms with E-state index in [0.29, 0.717) is 17.3 Å². The first-order valence-electron chi connectivity index (χ1n) is 16.3. The van der Waals surface area contributed by atoms with Crippen molar-refractivity contribution in [1.82, 2.24) is 25.1 Å². The molecule has 0 bridgehead atoms. The van der Waals surface area contributed by atoms with E-state index in [2.05, 4.69) is 35.1 Å². The number of piperazine rings is 1. The van der Waals surface area contributed by atoms with Crippen LogP contribution in [0.5, 0.6) is 5.75 Å². The molecule has 3 N–H and O–H groups in total. The van der Waals surface area contributed by atoms with E-state index in [9.17, 15) is 15.0 Å². The molecule has 1 saturated carbocycles. The molecule has 3 saturated heterocycles. The Morgan fingerprint density at radius 2 is 1.53 bits per heavy atom. The second-order valence-electron chi connectivity index (χ2n) is 12.5. The molecule has 4 aliphatic rings. The number of anilines is 4. The Bertz CT molecular complexity index is 1460. The smallest absolute Gasteiger partial charge is 0.306 e. The van der Waals surface area contributed by atoms with E-state index < -0.39 is 5.97 Å². The van der Waals surface area contributed by atoms with Crippen LogP contribution in [0.1, 0.15) is 39.5 Å². The second-order valence-corrected chi connectivity index (χ2v) is 12.5. The third-order valence-electron chi connectivity index (χ3n) is 9.86. The van der Waals surface area contributed by atoms with Crippen LogP contribution in [0.2, 0.25) is 0 Å². The normalized spacial score (nSPS) is 20.2. The first kappa shape index (κ1) is 30.8. The van der Waals surface area contributed by atoms with Crippen LogP contribution in [-0.2, 0) is 4.79 Å². The molecule has 1 spiro atoms. The van der Waals surface area contributed by atoms with Crippen LogP contribution >= 0.6 is 0 Å². The highest BCUT2D eigenvalue weighted by molar-refractivity contribution is 5.75. The van der Waals surface area contributed by atoms with Crippen LogP contribution in [0.4, 0.5) is 23.1 Å². The number of aliphatic carboxylic acids is 1. The highest BCUT2D eigenvalue weighted by Crippen LogP contribution is 2.52. The van der Waals surface area contributed by atoms with Crippen LogP contribution < -0.4 is 20.0 Å². The van der Waals surface area contributed by atoms with E-state index in [1.54, 1.807) is 12.1 Å². The van der Waals surface area contributed by atoms with Crippen molar-refractivity contribution in [2.75, 3.05) is 79.4 Å². The second kappa shape index (κ2) is 13.0. The van der Waals surface area contributed by atoms with E-state index in [4.69, 9.17) is 9.97 Å². The Morgan fingerprint density at radius 1 is 0.889 bits per heavy atom. The molecule has 0 amide bonds. The SMILES string of the molecule is CC.CNc1nnc(-c2ccccc2O)cc1N1CCN(C2CCN(c3cnc(N4CC5(CC(C(=O)O)C5)C4)cn3)CC2)CC1. The number of phenols is 1. The quantitative estimate of drug-likeness (QED) is 0.357. The summed E-state index contributed by atoms with van der Waals surface area (Å²) in [5.74, 6) is 1.94. The van der Waals surface area contributed by atoms with E-state index in [1.807, 2.05) is 51.5 Å². The van der Waals surface area contributed by atoms with Crippen LogP contribution in [0.25, 0.3) is 11.3 Å². The Labute approximate surface area is 265 Å². The molecule has 4 fully saturated rings. The average molecular weight is 616 g/mol. The summed E-state index contributed by atoms with van der Waals surface area (Å²) in [6.45, 7) is 11.5. The third-order valence-corrected chi connectivity index (χ3v) is 9.86. The lowest BCUT2D eigenvalue weighted by Crippen LogP contribution is -2.63. The Morgan fingerprint density at radius 3 is 2.13 bits per heavy atom. The maximum Gasteiger partial charge on any atom is 0.306 e. The zero-order valence-corrected chi connectivity index (χ0v) is 26.6. The largest absolute Gasteiger partial charge is 0.507 e. The molecule has 5 heterocycles. The summed E-state index contributed by atoms with van der Waals surface area (Å²) in [6, 6.07) is 9.81. The summed E-state index contributed by atoms with van der Waals surface area (Å²) in [7, 11) is 1.86. The van der Waals surface area contributed by atoms with Crippen molar-refractivity contribution >= 4 is 29.1 Å². The fraction of sp³-hybridized carbons (Fsp3) is 0.545. The molecule has 240 valence electrons. The summed E-state index contributed by atoms with van der Waals surface area (Å²) in [5.41, 5.74) is 2.54. The van der Waals surface area contributed by atoms with E-state index in [-0.39, 0.29) is 17.1 Å². The number of aromatic nitrogens is 4. The summed E-state index contributed by atoms with van der Waals surface area (Å²) in [5, 5.41) is 31.4. The predicted molar refractivity (Wildman–Crippen MR) is 176 cm³/mol. The number of phenolic OH excluding ortho intramolecular Hbond substituents is 1. The number of hydrogen-bond donors (Lipinski definition) is 3. The molecule has 45 heavy (non-hydrogen) atoms. The van der Waals surface area contributed by atoms with Crippen molar-refractivity contribution in [1.29, 1.82) is 0 Å². The van der Waals surface area contributed by atoms with Crippen molar-refractivity contribution in [3.63, 3.8) is 0 Å². The van der Waals surface area contributed by atoms with Crippen molar-refractivity contribution < 1.29 is 15.0 Å². The minimum atomic E-state index is -0.662. The van der Waals surface area contributed by atoms with Gasteiger partial charge in [0.15, 0.2) is 5.82 Å². The fourth-order valence-corrected chi connectivity index (χ4v) is 7.40. The predicted octanol–water partition coefficient (Wildman–Crippen LogP) is 3.80. The van der Waals surface area contributed by atoms with Gasteiger partial charge in [-0.2, -0.15) is 0 Å².